The van der Waals surface area contributed by atoms with Gasteiger partial charge < -0.3 is 0 Å². The Morgan fingerprint density at radius 3 is 2.75 bits per heavy atom. The minimum absolute atomic E-state index is 0.616. The van der Waals surface area contributed by atoms with Crippen molar-refractivity contribution in [2.45, 2.75) is 0 Å². The highest BCUT2D eigenvalue weighted by Crippen LogP contribution is 2.27. The molecule has 1 aromatic carbocycles. The lowest BCUT2D eigenvalue weighted by molar-refractivity contribution is 0.894. The van der Waals surface area contributed by atoms with Crippen LogP contribution in [0, 0.1) is 0 Å². The first-order chi connectivity index (χ1) is 11.8. The third kappa shape index (κ3) is 1.88. The summed E-state index contributed by atoms with van der Waals surface area (Å²) in [6.07, 6.45) is 3.47. The predicted octanol–water partition coefficient (Wildman–Crippen LogP) is 3.85. The molecule has 0 amide bonds. The normalized spacial score (nSPS) is 11.5. The maximum atomic E-state index is 6.29. The third-order valence-corrected chi connectivity index (χ3v) is 4.98. The maximum Gasteiger partial charge on any atom is 0.179 e. The standard InChI is InChI=1S/C16H9ClN6S/c17-11-4-1-2-5-12(11)23-14-10(8-19-23)15-20-21-16(22(15)9-18-14)13-6-3-7-24-13/h1-9H. The monoisotopic (exact) mass is 352 g/mol. The molecule has 0 aliphatic carbocycles. The molecule has 8 heteroatoms. The largest absolute Gasteiger partial charge is 0.264 e. The van der Waals surface area contributed by atoms with E-state index in [9.17, 15) is 0 Å². The smallest absolute Gasteiger partial charge is 0.179 e. The van der Waals surface area contributed by atoms with E-state index < -0.39 is 0 Å². The summed E-state index contributed by atoms with van der Waals surface area (Å²) in [6.45, 7) is 0. The van der Waals surface area contributed by atoms with Gasteiger partial charge in [0.25, 0.3) is 0 Å². The van der Waals surface area contributed by atoms with Crippen molar-refractivity contribution in [1.82, 2.24) is 29.4 Å². The van der Waals surface area contributed by atoms with E-state index in [2.05, 4.69) is 20.3 Å². The first-order valence-electron chi connectivity index (χ1n) is 7.19. The van der Waals surface area contributed by atoms with Gasteiger partial charge in [-0.25, -0.2) is 9.67 Å². The number of aromatic nitrogens is 6. The van der Waals surface area contributed by atoms with Crippen LogP contribution >= 0.6 is 22.9 Å². The summed E-state index contributed by atoms with van der Waals surface area (Å²) >= 11 is 7.90. The summed E-state index contributed by atoms with van der Waals surface area (Å²) in [6, 6.07) is 11.5. The van der Waals surface area contributed by atoms with Gasteiger partial charge in [-0.1, -0.05) is 29.8 Å². The molecular formula is C16H9ClN6S. The van der Waals surface area contributed by atoms with Crippen molar-refractivity contribution < 1.29 is 0 Å². The van der Waals surface area contributed by atoms with Crippen LogP contribution in [0.3, 0.4) is 0 Å². The fourth-order valence-electron chi connectivity index (χ4n) is 2.69. The number of thiophene rings is 1. The van der Waals surface area contributed by atoms with Gasteiger partial charge in [0.15, 0.2) is 17.1 Å². The summed E-state index contributed by atoms with van der Waals surface area (Å²) in [4.78, 5) is 5.60. The molecule has 0 unspecified atom stereocenters. The molecule has 0 radical (unpaired) electrons. The number of para-hydroxylation sites is 1. The Morgan fingerprint density at radius 1 is 1.00 bits per heavy atom. The van der Waals surface area contributed by atoms with Crippen molar-refractivity contribution in [3.63, 3.8) is 0 Å². The summed E-state index contributed by atoms with van der Waals surface area (Å²) in [5.74, 6) is 0.778. The Bertz CT molecular complexity index is 1170. The van der Waals surface area contributed by atoms with Gasteiger partial charge in [0.05, 0.1) is 27.2 Å². The third-order valence-electron chi connectivity index (χ3n) is 3.80. The van der Waals surface area contributed by atoms with E-state index >= 15 is 0 Å². The molecular weight excluding hydrogens is 344 g/mol. The molecule has 5 rings (SSSR count). The quantitative estimate of drug-likeness (QED) is 0.484. The molecule has 0 saturated heterocycles. The van der Waals surface area contributed by atoms with Crippen LogP contribution in [0.2, 0.25) is 5.02 Å². The second-order valence-electron chi connectivity index (χ2n) is 5.18. The molecule has 0 aliphatic rings. The molecule has 0 N–H and O–H groups in total. The van der Waals surface area contributed by atoms with Gasteiger partial charge in [-0.05, 0) is 23.6 Å². The molecule has 116 valence electrons. The predicted molar refractivity (Wildman–Crippen MR) is 93.7 cm³/mol. The molecule has 0 spiro atoms. The van der Waals surface area contributed by atoms with E-state index in [0.29, 0.717) is 10.7 Å². The number of benzene rings is 1. The van der Waals surface area contributed by atoms with Gasteiger partial charge in [-0.3, -0.25) is 4.40 Å². The summed E-state index contributed by atoms with van der Waals surface area (Å²) in [5.41, 5.74) is 2.20. The zero-order valence-corrected chi connectivity index (χ0v) is 13.7. The molecule has 0 bridgehead atoms. The molecule has 4 aromatic heterocycles. The van der Waals surface area contributed by atoms with Crippen LogP contribution in [0.15, 0.2) is 54.3 Å². The lowest BCUT2D eigenvalue weighted by Gasteiger charge is -2.05. The van der Waals surface area contributed by atoms with Gasteiger partial charge in [0.1, 0.15) is 6.33 Å². The minimum atomic E-state index is 0.616. The topological polar surface area (TPSA) is 60.9 Å². The Balaban J connectivity index is 1.78. The Morgan fingerprint density at radius 2 is 1.92 bits per heavy atom. The molecule has 0 fully saturated rings. The zero-order valence-electron chi connectivity index (χ0n) is 12.2. The Kier molecular flexibility index (Phi) is 2.91. The van der Waals surface area contributed by atoms with Crippen LogP contribution in [0.25, 0.3) is 33.1 Å². The van der Waals surface area contributed by atoms with Gasteiger partial charge in [-0.2, -0.15) is 5.10 Å². The van der Waals surface area contributed by atoms with Gasteiger partial charge >= 0.3 is 0 Å². The van der Waals surface area contributed by atoms with Gasteiger partial charge in [0, 0.05) is 0 Å². The van der Waals surface area contributed by atoms with E-state index in [1.54, 1.807) is 28.5 Å². The second kappa shape index (κ2) is 5.12. The second-order valence-corrected chi connectivity index (χ2v) is 6.54. The number of nitrogens with zero attached hydrogens (tertiary/aromatic N) is 6. The first-order valence-corrected chi connectivity index (χ1v) is 8.45. The van der Waals surface area contributed by atoms with Crippen LogP contribution < -0.4 is 0 Å². The molecule has 0 aliphatic heterocycles. The number of halogens is 1. The van der Waals surface area contributed by atoms with Crippen molar-refractivity contribution in [1.29, 1.82) is 0 Å². The number of hydrogen-bond donors (Lipinski definition) is 0. The number of fused-ring (bicyclic) bond motifs is 3. The lowest BCUT2D eigenvalue weighted by Crippen LogP contribution is -1.99. The molecule has 5 aromatic rings. The maximum absolute atomic E-state index is 6.29. The highest BCUT2D eigenvalue weighted by atomic mass is 35.5. The van der Waals surface area contributed by atoms with Crippen molar-refractivity contribution in [2.24, 2.45) is 0 Å². The van der Waals surface area contributed by atoms with Crippen molar-refractivity contribution in [2.75, 3.05) is 0 Å². The van der Waals surface area contributed by atoms with E-state index in [-0.39, 0.29) is 0 Å². The van der Waals surface area contributed by atoms with E-state index in [4.69, 9.17) is 11.6 Å². The number of rotatable bonds is 2. The molecule has 0 atom stereocenters. The highest BCUT2D eigenvalue weighted by molar-refractivity contribution is 7.13. The van der Waals surface area contributed by atoms with Crippen molar-refractivity contribution in [3.05, 3.63) is 59.3 Å². The van der Waals surface area contributed by atoms with E-state index in [1.807, 2.05) is 46.2 Å². The van der Waals surface area contributed by atoms with Crippen molar-refractivity contribution >= 4 is 39.6 Å². The van der Waals surface area contributed by atoms with Crippen LogP contribution in [0.4, 0.5) is 0 Å². The van der Waals surface area contributed by atoms with E-state index in [0.717, 1.165) is 27.4 Å². The SMILES string of the molecule is Clc1ccccc1-n1ncc2c1ncn1c(-c3cccs3)nnc21. The van der Waals surface area contributed by atoms with Crippen LogP contribution in [-0.2, 0) is 0 Å². The minimum Gasteiger partial charge on any atom is -0.264 e. The fourth-order valence-corrected chi connectivity index (χ4v) is 3.62. The first kappa shape index (κ1) is 13.6. The Labute approximate surface area is 145 Å². The molecule has 6 nitrogen and oxygen atoms in total. The van der Waals surface area contributed by atoms with Crippen LogP contribution in [0.5, 0.6) is 0 Å². The van der Waals surface area contributed by atoms with Gasteiger partial charge in [-0.15, -0.1) is 21.5 Å². The molecule has 24 heavy (non-hydrogen) atoms. The fraction of sp³-hybridized carbons (Fsp3) is 0. The number of hydrogen-bond acceptors (Lipinski definition) is 5. The van der Waals surface area contributed by atoms with Crippen LogP contribution in [0.1, 0.15) is 0 Å². The molecule has 0 saturated carbocycles. The average Bonchev–Trinajstić information content (AvgIpc) is 3.33. The van der Waals surface area contributed by atoms with E-state index in [1.165, 1.54) is 0 Å². The summed E-state index contributed by atoms with van der Waals surface area (Å²) < 4.78 is 3.60. The molecule has 4 heterocycles. The van der Waals surface area contributed by atoms with Crippen molar-refractivity contribution in [3.8, 4) is 16.4 Å². The van der Waals surface area contributed by atoms with Gasteiger partial charge in [0.2, 0.25) is 0 Å². The highest BCUT2D eigenvalue weighted by Gasteiger charge is 2.16. The Hall–Kier alpha value is -2.77. The summed E-state index contributed by atoms with van der Waals surface area (Å²) in [5, 5.41) is 16.5. The lowest BCUT2D eigenvalue weighted by atomic mass is 10.3. The average molecular weight is 353 g/mol. The zero-order chi connectivity index (χ0) is 16.1. The summed E-state index contributed by atoms with van der Waals surface area (Å²) in [7, 11) is 0. The van der Waals surface area contributed by atoms with Crippen LogP contribution in [-0.4, -0.2) is 29.4 Å².